The summed E-state index contributed by atoms with van der Waals surface area (Å²) in [4.78, 5) is 32.6. The van der Waals surface area contributed by atoms with Crippen LogP contribution >= 0.6 is 34.8 Å². The van der Waals surface area contributed by atoms with Crippen molar-refractivity contribution >= 4 is 50.5 Å². The molecule has 0 aliphatic carbocycles. The van der Waals surface area contributed by atoms with Gasteiger partial charge in [0.05, 0.1) is 18.6 Å². The van der Waals surface area contributed by atoms with Gasteiger partial charge >= 0.3 is 0 Å². The predicted molar refractivity (Wildman–Crippen MR) is 108 cm³/mol. The molecule has 7 heteroatoms. The molecule has 0 aliphatic heterocycles. The van der Waals surface area contributed by atoms with Crippen LogP contribution in [-0.2, 0) is 9.59 Å². The first-order chi connectivity index (χ1) is 12.9. The Morgan fingerprint density at radius 1 is 0.926 bits per heavy atom. The number of hydrogen-bond acceptors (Lipinski definition) is 4. The molecule has 27 heavy (non-hydrogen) atoms. The number of methoxy groups -OCH3 is 1. The summed E-state index contributed by atoms with van der Waals surface area (Å²) in [7, 11) is 1.50. The number of carbonyl (C=O) groups is 3. The van der Waals surface area contributed by atoms with E-state index in [-0.39, 0.29) is 17.6 Å². The molecule has 1 unspecified atom stereocenters. The molecule has 0 amide bonds. The van der Waals surface area contributed by atoms with Crippen LogP contribution in [-0.4, -0.2) is 22.8 Å². The van der Waals surface area contributed by atoms with Crippen molar-refractivity contribution in [2.24, 2.45) is 0 Å². The Balaban J connectivity index is 0.000000289. The summed E-state index contributed by atoms with van der Waals surface area (Å²) in [5.74, 6) is 0.159. The first-order valence-electron chi connectivity index (χ1n) is 8.12. The van der Waals surface area contributed by atoms with Crippen molar-refractivity contribution in [3.05, 3.63) is 65.7 Å². The second-order valence-electron chi connectivity index (χ2n) is 5.49. The van der Waals surface area contributed by atoms with Crippen LogP contribution in [0.2, 0.25) is 0 Å². The second-order valence-corrected chi connectivity index (χ2v) is 6.63. The zero-order chi connectivity index (χ0) is 20.2. The minimum absolute atomic E-state index is 0.273. The molecule has 0 saturated carbocycles. The molecule has 0 aromatic heterocycles. The second kappa shape index (κ2) is 12.5. The van der Waals surface area contributed by atoms with E-state index in [4.69, 9.17) is 39.5 Å². The van der Waals surface area contributed by atoms with Gasteiger partial charge in [-0.1, -0.05) is 42.5 Å². The van der Waals surface area contributed by atoms with Gasteiger partial charge in [0.25, 0.3) is 5.24 Å². The maximum atomic E-state index is 11.3. The van der Waals surface area contributed by atoms with Gasteiger partial charge < -0.3 is 4.74 Å². The molecular weight excluding hydrogens is 411 g/mol. The quantitative estimate of drug-likeness (QED) is 0.516. The van der Waals surface area contributed by atoms with Crippen LogP contribution in [0, 0.1) is 0 Å². The van der Waals surface area contributed by atoms with Gasteiger partial charge in [-0.15, -0.1) is 0 Å². The molecule has 0 heterocycles. The van der Waals surface area contributed by atoms with Crippen LogP contribution in [0.1, 0.15) is 41.1 Å². The zero-order valence-electron chi connectivity index (χ0n) is 14.7. The van der Waals surface area contributed by atoms with Gasteiger partial charge in [-0.05, 0) is 65.3 Å². The standard InChI is InChI=1S/C12H12Cl2O2.C8H7ClO2/c13-11(15)8-4-7-10(12(14)16)9-5-2-1-3-6-9;1-11-7-5-3-2-4-6(7)8(9)10/h1-3,5-6,10H,4,7-8H2;2-5H,1H3. The van der Waals surface area contributed by atoms with Crippen molar-refractivity contribution in [1.29, 1.82) is 0 Å². The van der Waals surface area contributed by atoms with Gasteiger partial charge in [0.1, 0.15) is 5.75 Å². The summed E-state index contributed by atoms with van der Waals surface area (Å²) in [5.41, 5.74) is 1.28. The molecule has 2 rings (SSSR count). The Bertz CT molecular complexity index is 763. The van der Waals surface area contributed by atoms with Crippen LogP contribution in [0.5, 0.6) is 5.75 Å². The van der Waals surface area contributed by atoms with E-state index < -0.39 is 10.5 Å². The predicted octanol–water partition coefficient (Wildman–Crippen LogP) is 5.55. The molecule has 0 radical (unpaired) electrons. The molecule has 0 saturated heterocycles. The Kier molecular flexibility index (Phi) is 10.7. The van der Waals surface area contributed by atoms with E-state index in [2.05, 4.69) is 0 Å². The summed E-state index contributed by atoms with van der Waals surface area (Å²) in [6.07, 6.45) is 1.39. The first kappa shape index (κ1) is 23.2. The maximum absolute atomic E-state index is 11.3. The van der Waals surface area contributed by atoms with Crippen molar-refractivity contribution in [3.8, 4) is 5.75 Å². The lowest BCUT2D eigenvalue weighted by molar-refractivity contribution is -0.114. The molecule has 0 aliphatic rings. The fraction of sp³-hybridized carbons (Fsp3) is 0.250. The number of hydrogen-bond donors (Lipinski definition) is 0. The average molecular weight is 430 g/mol. The Morgan fingerprint density at radius 2 is 1.52 bits per heavy atom. The van der Waals surface area contributed by atoms with Crippen LogP contribution in [0.3, 0.4) is 0 Å². The van der Waals surface area contributed by atoms with E-state index in [0.717, 1.165) is 5.56 Å². The van der Waals surface area contributed by atoms with Crippen LogP contribution in [0.15, 0.2) is 54.6 Å². The molecule has 0 N–H and O–H groups in total. The molecule has 0 bridgehead atoms. The number of halogens is 3. The van der Waals surface area contributed by atoms with E-state index in [0.29, 0.717) is 24.2 Å². The summed E-state index contributed by atoms with van der Waals surface area (Å²) in [5, 5.41) is -1.27. The van der Waals surface area contributed by atoms with E-state index in [1.54, 1.807) is 24.3 Å². The number of carbonyl (C=O) groups excluding carboxylic acids is 3. The largest absolute Gasteiger partial charge is 0.496 e. The maximum Gasteiger partial charge on any atom is 0.256 e. The van der Waals surface area contributed by atoms with E-state index in [9.17, 15) is 14.4 Å². The number of para-hydroxylation sites is 1. The summed E-state index contributed by atoms with van der Waals surface area (Å²) in [6.45, 7) is 0. The van der Waals surface area contributed by atoms with Crippen LogP contribution < -0.4 is 4.74 Å². The van der Waals surface area contributed by atoms with Crippen molar-refractivity contribution in [2.75, 3.05) is 7.11 Å². The Hall–Kier alpha value is -1.88. The highest BCUT2D eigenvalue weighted by Crippen LogP contribution is 2.24. The van der Waals surface area contributed by atoms with E-state index >= 15 is 0 Å². The lowest BCUT2D eigenvalue weighted by Crippen LogP contribution is -2.07. The van der Waals surface area contributed by atoms with Gasteiger partial charge in [0, 0.05) is 6.42 Å². The van der Waals surface area contributed by atoms with Gasteiger partial charge in [-0.25, -0.2) is 0 Å². The van der Waals surface area contributed by atoms with Gasteiger partial charge in [-0.3, -0.25) is 14.4 Å². The van der Waals surface area contributed by atoms with Gasteiger partial charge in [0.15, 0.2) is 0 Å². The molecule has 4 nitrogen and oxygen atoms in total. The minimum Gasteiger partial charge on any atom is -0.496 e. The minimum atomic E-state index is -0.498. The summed E-state index contributed by atoms with van der Waals surface area (Å²) in [6, 6.07) is 16.1. The average Bonchev–Trinajstić information content (AvgIpc) is 2.66. The monoisotopic (exact) mass is 428 g/mol. The third-order valence-electron chi connectivity index (χ3n) is 3.66. The van der Waals surface area contributed by atoms with Gasteiger partial charge in [-0.2, -0.15) is 0 Å². The zero-order valence-corrected chi connectivity index (χ0v) is 16.9. The lowest BCUT2D eigenvalue weighted by Gasteiger charge is -2.11. The van der Waals surface area contributed by atoms with Crippen molar-refractivity contribution in [1.82, 2.24) is 0 Å². The van der Waals surface area contributed by atoms with Crippen molar-refractivity contribution < 1.29 is 19.1 Å². The third-order valence-corrected chi connectivity index (χ3v) is 4.32. The highest BCUT2D eigenvalue weighted by Gasteiger charge is 2.18. The molecule has 0 spiro atoms. The normalized spacial score (nSPS) is 11.0. The summed E-state index contributed by atoms with van der Waals surface area (Å²) >= 11 is 16.0. The molecule has 0 fully saturated rings. The topological polar surface area (TPSA) is 60.4 Å². The highest BCUT2D eigenvalue weighted by molar-refractivity contribution is 6.68. The van der Waals surface area contributed by atoms with E-state index in [1.807, 2.05) is 30.3 Å². The Morgan fingerprint density at radius 3 is 2.00 bits per heavy atom. The first-order valence-corrected chi connectivity index (χ1v) is 9.25. The fourth-order valence-electron chi connectivity index (χ4n) is 2.35. The Labute approximate surface area is 173 Å². The van der Waals surface area contributed by atoms with Crippen LogP contribution in [0.25, 0.3) is 0 Å². The van der Waals surface area contributed by atoms with Gasteiger partial charge in [0.2, 0.25) is 10.5 Å². The molecule has 144 valence electrons. The van der Waals surface area contributed by atoms with Crippen LogP contribution in [0.4, 0.5) is 0 Å². The number of ether oxygens (including phenoxy) is 1. The SMILES string of the molecule is COc1ccccc1C(=O)Cl.O=C(Cl)CCCC(C(=O)Cl)c1ccccc1. The smallest absolute Gasteiger partial charge is 0.256 e. The van der Waals surface area contributed by atoms with E-state index in [1.165, 1.54) is 7.11 Å². The molecule has 2 aromatic rings. The molecular formula is C20H19Cl3O4. The van der Waals surface area contributed by atoms with Crippen molar-refractivity contribution in [3.63, 3.8) is 0 Å². The molecule has 2 aromatic carbocycles. The number of benzene rings is 2. The summed E-state index contributed by atoms with van der Waals surface area (Å²) < 4.78 is 4.90. The highest BCUT2D eigenvalue weighted by atomic mass is 35.5. The lowest BCUT2D eigenvalue weighted by atomic mass is 9.95. The van der Waals surface area contributed by atoms with Crippen molar-refractivity contribution in [2.45, 2.75) is 25.2 Å². The molecule has 1 atom stereocenters. The fourth-order valence-corrected chi connectivity index (χ4v) is 2.87. The number of rotatable bonds is 8. The third kappa shape index (κ3) is 8.57.